The van der Waals surface area contributed by atoms with E-state index in [1.807, 2.05) is 6.07 Å². The highest BCUT2D eigenvalue weighted by atomic mass is 35.5. The van der Waals surface area contributed by atoms with E-state index in [2.05, 4.69) is 16.4 Å². The average Bonchev–Trinajstić information content (AvgIpc) is 2.64. The lowest BCUT2D eigenvalue weighted by Gasteiger charge is -2.18. The summed E-state index contributed by atoms with van der Waals surface area (Å²) in [6.07, 6.45) is 4.13. The molecule has 2 aromatic rings. The maximum Gasteiger partial charge on any atom is 0.237 e. The first kappa shape index (κ1) is 19.0. The summed E-state index contributed by atoms with van der Waals surface area (Å²) in [5.41, 5.74) is 3.19. The fraction of sp³-hybridized carbons (Fsp3) is 0.316. The first-order valence-electron chi connectivity index (χ1n) is 8.34. The van der Waals surface area contributed by atoms with Crippen molar-refractivity contribution < 1.29 is 4.79 Å². The number of amides is 1. The van der Waals surface area contributed by atoms with Crippen molar-refractivity contribution in [2.75, 3.05) is 5.32 Å². The minimum absolute atomic E-state index is 0.220. The molecule has 134 valence electrons. The Bertz CT molecular complexity index is 895. The van der Waals surface area contributed by atoms with Crippen LogP contribution < -0.4 is 5.32 Å². The molecule has 1 aliphatic carbocycles. The summed E-state index contributed by atoms with van der Waals surface area (Å²) < 4.78 is 0. The van der Waals surface area contributed by atoms with Gasteiger partial charge in [0.2, 0.25) is 5.91 Å². The number of thioether (sulfide) groups is 1. The fourth-order valence-electron chi connectivity index (χ4n) is 2.84. The number of fused-ring (bicyclic) bond motifs is 1. The number of anilines is 1. The number of nitrogens with zero attached hydrogens (tertiary/aromatic N) is 2. The minimum Gasteiger partial charge on any atom is -0.324 e. The molecule has 1 heterocycles. The molecule has 1 aromatic heterocycles. The van der Waals surface area contributed by atoms with Gasteiger partial charge in [-0.3, -0.25) is 4.79 Å². The van der Waals surface area contributed by atoms with Crippen LogP contribution >= 0.6 is 35.0 Å². The lowest BCUT2D eigenvalue weighted by atomic mass is 9.95. The summed E-state index contributed by atoms with van der Waals surface area (Å²) in [6.45, 7) is 1.78. The Kier molecular flexibility index (Phi) is 6.08. The van der Waals surface area contributed by atoms with Crippen LogP contribution in [-0.4, -0.2) is 16.1 Å². The molecular weight excluding hydrogens is 389 g/mol. The van der Waals surface area contributed by atoms with Crippen molar-refractivity contribution in [2.24, 2.45) is 0 Å². The Balaban J connectivity index is 1.77. The molecule has 0 bridgehead atoms. The number of carbonyl (C=O) groups excluding carboxylic acids is 1. The Morgan fingerprint density at radius 1 is 1.35 bits per heavy atom. The maximum absolute atomic E-state index is 12.5. The number of carbonyl (C=O) groups is 1. The summed E-state index contributed by atoms with van der Waals surface area (Å²) in [7, 11) is 0. The van der Waals surface area contributed by atoms with Crippen LogP contribution in [0.4, 0.5) is 5.69 Å². The SMILES string of the molecule is CC(Sc1nc2c(cc1C#N)CCCC2)C(=O)Nc1cccc(Cl)c1Cl. The first-order valence-corrected chi connectivity index (χ1v) is 9.97. The van der Waals surface area contributed by atoms with Crippen LogP contribution in [0.5, 0.6) is 0 Å². The lowest BCUT2D eigenvalue weighted by Crippen LogP contribution is -2.23. The Morgan fingerprint density at radius 3 is 2.88 bits per heavy atom. The van der Waals surface area contributed by atoms with Crippen molar-refractivity contribution in [3.05, 3.63) is 51.1 Å². The number of pyridine rings is 1. The molecule has 0 radical (unpaired) electrons. The van der Waals surface area contributed by atoms with E-state index in [1.54, 1.807) is 25.1 Å². The largest absolute Gasteiger partial charge is 0.324 e. The topological polar surface area (TPSA) is 65.8 Å². The Hall–Kier alpha value is -1.74. The second-order valence-electron chi connectivity index (χ2n) is 6.12. The van der Waals surface area contributed by atoms with Gasteiger partial charge in [-0.2, -0.15) is 5.26 Å². The summed E-state index contributed by atoms with van der Waals surface area (Å²) in [4.78, 5) is 17.2. The van der Waals surface area contributed by atoms with Crippen LogP contribution in [0.1, 0.15) is 36.6 Å². The molecule has 1 aromatic carbocycles. The van der Waals surface area contributed by atoms with Gasteiger partial charge in [0.1, 0.15) is 11.1 Å². The quantitative estimate of drug-likeness (QED) is 0.704. The molecule has 1 atom stereocenters. The number of benzene rings is 1. The lowest BCUT2D eigenvalue weighted by molar-refractivity contribution is -0.115. The van der Waals surface area contributed by atoms with Crippen LogP contribution in [0.25, 0.3) is 0 Å². The van der Waals surface area contributed by atoms with Gasteiger partial charge in [0, 0.05) is 5.69 Å². The predicted octanol–water partition coefficient (Wildman–Crippen LogP) is 5.26. The summed E-state index contributed by atoms with van der Waals surface area (Å²) >= 11 is 13.4. The smallest absolute Gasteiger partial charge is 0.237 e. The van der Waals surface area contributed by atoms with Gasteiger partial charge in [-0.15, -0.1) is 0 Å². The van der Waals surface area contributed by atoms with Crippen molar-refractivity contribution >= 4 is 46.6 Å². The fourth-order valence-corrected chi connectivity index (χ4v) is 4.08. The van der Waals surface area contributed by atoms with Crippen LogP contribution in [0.15, 0.2) is 29.3 Å². The summed E-state index contributed by atoms with van der Waals surface area (Å²) in [5.74, 6) is -0.220. The normalized spacial score (nSPS) is 14.2. The molecule has 1 aliphatic rings. The molecule has 1 N–H and O–H groups in total. The van der Waals surface area contributed by atoms with Crippen molar-refractivity contribution in [2.45, 2.75) is 42.9 Å². The predicted molar refractivity (Wildman–Crippen MR) is 106 cm³/mol. The van der Waals surface area contributed by atoms with Crippen LogP contribution in [0.2, 0.25) is 10.0 Å². The zero-order valence-electron chi connectivity index (χ0n) is 14.2. The third-order valence-corrected chi connectivity index (χ3v) is 6.17. The summed E-state index contributed by atoms with van der Waals surface area (Å²) in [6, 6.07) is 9.20. The zero-order valence-corrected chi connectivity index (χ0v) is 16.5. The third-order valence-electron chi connectivity index (χ3n) is 4.25. The second-order valence-corrected chi connectivity index (χ2v) is 8.23. The molecule has 7 heteroatoms. The van der Waals surface area contributed by atoms with Crippen molar-refractivity contribution in [3.8, 4) is 6.07 Å². The molecule has 1 amide bonds. The maximum atomic E-state index is 12.5. The minimum atomic E-state index is -0.439. The summed E-state index contributed by atoms with van der Waals surface area (Å²) in [5, 5.41) is 13.1. The van der Waals surface area contributed by atoms with Gasteiger partial charge in [-0.05, 0) is 56.4 Å². The van der Waals surface area contributed by atoms with E-state index >= 15 is 0 Å². The van der Waals surface area contributed by atoms with E-state index in [4.69, 9.17) is 23.2 Å². The molecule has 0 aliphatic heterocycles. The van der Waals surface area contributed by atoms with E-state index in [9.17, 15) is 10.1 Å². The van der Waals surface area contributed by atoms with Gasteiger partial charge in [0.25, 0.3) is 0 Å². The molecule has 0 saturated heterocycles. The molecule has 0 spiro atoms. The van der Waals surface area contributed by atoms with E-state index in [0.29, 0.717) is 26.3 Å². The monoisotopic (exact) mass is 405 g/mol. The molecular formula is C19H17Cl2N3OS. The number of aryl methyl sites for hydroxylation is 2. The zero-order chi connectivity index (χ0) is 18.7. The molecule has 0 fully saturated rings. The van der Waals surface area contributed by atoms with Gasteiger partial charge < -0.3 is 5.32 Å². The highest BCUT2D eigenvalue weighted by molar-refractivity contribution is 8.00. The van der Waals surface area contributed by atoms with E-state index < -0.39 is 5.25 Å². The standard InChI is InChI=1S/C19H17Cl2N3OS/c1-11(18(25)23-16-8-4-6-14(20)17(16)21)26-19-13(10-22)9-12-5-2-3-7-15(12)24-19/h4,6,8-9,11H,2-3,5,7H2,1H3,(H,23,25). The number of halogens is 2. The number of hydrogen-bond acceptors (Lipinski definition) is 4. The first-order chi connectivity index (χ1) is 12.5. The molecule has 3 rings (SSSR count). The van der Waals surface area contributed by atoms with Crippen molar-refractivity contribution in [3.63, 3.8) is 0 Å². The highest BCUT2D eigenvalue weighted by Gasteiger charge is 2.21. The van der Waals surface area contributed by atoms with E-state index in [-0.39, 0.29) is 5.91 Å². The number of hydrogen-bond donors (Lipinski definition) is 1. The van der Waals surface area contributed by atoms with Gasteiger partial charge in [0.05, 0.1) is 26.5 Å². The van der Waals surface area contributed by atoms with Crippen LogP contribution in [0.3, 0.4) is 0 Å². The molecule has 26 heavy (non-hydrogen) atoms. The van der Waals surface area contributed by atoms with Gasteiger partial charge in [-0.1, -0.05) is 41.0 Å². The number of nitriles is 1. The third kappa shape index (κ3) is 4.15. The molecule has 4 nitrogen and oxygen atoms in total. The van der Waals surface area contributed by atoms with Crippen LogP contribution in [0, 0.1) is 11.3 Å². The van der Waals surface area contributed by atoms with E-state index in [0.717, 1.165) is 36.9 Å². The molecule has 1 unspecified atom stereocenters. The number of nitrogens with one attached hydrogen (secondary N) is 1. The van der Waals surface area contributed by atoms with Gasteiger partial charge in [0.15, 0.2) is 0 Å². The van der Waals surface area contributed by atoms with Gasteiger partial charge >= 0.3 is 0 Å². The number of aromatic nitrogens is 1. The Morgan fingerprint density at radius 2 is 2.12 bits per heavy atom. The molecule has 0 saturated carbocycles. The number of rotatable bonds is 4. The van der Waals surface area contributed by atoms with Crippen molar-refractivity contribution in [1.82, 2.24) is 4.98 Å². The highest BCUT2D eigenvalue weighted by Crippen LogP contribution is 2.32. The average molecular weight is 406 g/mol. The van der Waals surface area contributed by atoms with Gasteiger partial charge in [-0.25, -0.2) is 4.98 Å². The van der Waals surface area contributed by atoms with Crippen molar-refractivity contribution in [1.29, 1.82) is 5.26 Å². The Labute approximate surface area is 166 Å². The van der Waals surface area contributed by atoms with E-state index in [1.165, 1.54) is 11.8 Å². The van der Waals surface area contributed by atoms with Crippen LogP contribution in [-0.2, 0) is 17.6 Å². The second kappa shape index (κ2) is 8.30.